The number of halogens is 1. The molecule has 1 aliphatic rings. The molecule has 1 aromatic heterocycles. The lowest BCUT2D eigenvalue weighted by atomic mass is 10.0. The highest BCUT2D eigenvalue weighted by Gasteiger charge is 2.44. The van der Waals surface area contributed by atoms with Crippen LogP contribution in [-0.2, 0) is 14.3 Å². The second kappa shape index (κ2) is 8.06. The first kappa shape index (κ1) is 20.9. The van der Waals surface area contributed by atoms with Crippen LogP contribution < -0.4 is 0 Å². The van der Waals surface area contributed by atoms with Gasteiger partial charge in [-0.3, -0.25) is 4.79 Å². The number of methoxy groups -OCH3 is 2. The number of ether oxygens (including phenoxy) is 2. The van der Waals surface area contributed by atoms with Gasteiger partial charge in [0.05, 0.1) is 28.7 Å². The number of carbonyl (C=O) groups excluding carboxylic acids is 2. The largest absolute Gasteiger partial charge is 0.464 e. The van der Waals surface area contributed by atoms with E-state index in [1.807, 2.05) is 30.3 Å². The molecule has 1 fully saturated rings. The Labute approximate surface area is 184 Å². The molecule has 1 aliphatic heterocycles. The zero-order chi connectivity index (χ0) is 22.2. The Morgan fingerprint density at radius 3 is 2.68 bits per heavy atom. The maximum Gasteiger partial charge on any atom is 0.359 e. The number of aromatic nitrogens is 2. The fourth-order valence-corrected chi connectivity index (χ4v) is 3.91. The molecule has 2 aromatic carbocycles. The molecule has 0 aliphatic carbocycles. The first-order valence-corrected chi connectivity index (χ1v) is 9.98. The van der Waals surface area contributed by atoms with Crippen LogP contribution in [0.25, 0.3) is 16.6 Å². The second-order valence-electron chi connectivity index (χ2n) is 7.19. The molecule has 31 heavy (non-hydrogen) atoms. The maximum absolute atomic E-state index is 12.5. The summed E-state index contributed by atoms with van der Waals surface area (Å²) in [6, 6.07) is 12.7. The van der Waals surface area contributed by atoms with Crippen LogP contribution in [0.4, 0.5) is 0 Å². The van der Waals surface area contributed by atoms with E-state index < -0.39 is 11.6 Å². The van der Waals surface area contributed by atoms with Crippen molar-refractivity contribution in [1.29, 1.82) is 0 Å². The maximum atomic E-state index is 12.5. The number of likely N-dealkylation sites (N-methyl/N-ethyl adjacent to an activating group) is 1. The van der Waals surface area contributed by atoms with E-state index in [2.05, 4.69) is 16.9 Å². The second-order valence-corrected chi connectivity index (χ2v) is 7.60. The molecular weight excluding hydrogens is 418 g/mol. The number of likely N-dealkylation sites (tertiary alicyclic amines) is 1. The lowest BCUT2D eigenvalue weighted by Gasteiger charge is -2.18. The van der Waals surface area contributed by atoms with Gasteiger partial charge in [0.25, 0.3) is 5.91 Å². The summed E-state index contributed by atoms with van der Waals surface area (Å²) >= 11 is 6.34. The fourth-order valence-electron chi connectivity index (χ4n) is 3.65. The molecule has 3 aromatic rings. The van der Waals surface area contributed by atoms with Crippen molar-refractivity contribution in [2.24, 2.45) is 0 Å². The lowest BCUT2D eigenvalue weighted by Crippen LogP contribution is -2.39. The highest BCUT2D eigenvalue weighted by atomic mass is 35.5. The number of benzene rings is 2. The summed E-state index contributed by atoms with van der Waals surface area (Å²) in [4.78, 5) is 26.3. The minimum Gasteiger partial charge on any atom is -0.464 e. The monoisotopic (exact) mass is 437 g/mol. The van der Waals surface area contributed by atoms with Crippen molar-refractivity contribution in [2.75, 3.05) is 27.8 Å². The number of hydrogen-bond donors (Lipinski definition) is 0. The third-order valence-corrected chi connectivity index (χ3v) is 5.69. The third kappa shape index (κ3) is 3.54. The number of rotatable bonds is 3. The summed E-state index contributed by atoms with van der Waals surface area (Å²) in [5.41, 5.74) is 1.04. The van der Waals surface area contributed by atoms with E-state index in [4.69, 9.17) is 21.1 Å². The minimum absolute atomic E-state index is 0.137. The van der Waals surface area contributed by atoms with Gasteiger partial charge in [0, 0.05) is 32.7 Å². The Hall–Kier alpha value is -3.34. The van der Waals surface area contributed by atoms with E-state index in [-0.39, 0.29) is 11.6 Å². The van der Waals surface area contributed by atoms with E-state index in [0.717, 1.165) is 0 Å². The van der Waals surface area contributed by atoms with E-state index >= 15 is 0 Å². The van der Waals surface area contributed by atoms with Crippen molar-refractivity contribution < 1.29 is 19.1 Å². The Morgan fingerprint density at radius 1 is 1.23 bits per heavy atom. The molecule has 2 heterocycles. The van der Waals surface area contributed by atoms with E-state index in [0.29, 0.717) is 40.1 Å². The molecule has 1 atom stereocenters. The predicted molar refractivity (Wildman–Crippen MR) is 116 cm³/mol. The highest BCUT2D eigenvalue weighted by Crippen LogP contribution is 2.29. The molecule has 0 bridgehead atoms. The van der Waals surface area contributed by atoms with Crippen molar-refractivity contribution in [3.8, 4) is 17.5 Å². The summed E-state index contributed by atoms with van der Waals surface area (Å²) in [5, 5.41) is 5.37. The fraction of sp³-hybridized carbons (Fsp3) is 0.261. The van der Waals surface area contributed by atoms with Crippen molar-refractivity contribution in [3.05, 3.63) is 58.7 Å². The number of amides is 1. The number of esters is 1. The predicted octanol–water partition coefficient (Wildman–Crippen LogP) is 3.06. The molecule has 4 rings (SSSR count). The molecular formula is C23H20ClN3O4. The Morgan fingerprint density at radius 2 is 2.00 bits per heavy atom. The van der Waals surface area contributed by atoms with Crippen LogP contribution in [0.2, 0.25) is 5.02 Å². The molecule has 158 valence electrons. The van der Waals surface area contributed by atoms with Crippen molar-refractivity contribution in [3.63, 3.8) is 0 Å². The molecule has 0 spiro atoms. The van der Waals surface area contributed by atoms with Gasteiger partial charge in [-0.1, -0.05) is 35.6 Å². The molecule has 7 nitrogen and oxygen atoms in total. The van der Waals surface area contributed by atoms with Crippen molar-refractivity contribution in [2.45, 2.75) is 12.0 Å². The Balaban J connectivity index is 1.79. The van der Waals surface area contributed by atoms with Crippen LogP contribution in [0.3, 0.4) is 0 Å². The van der Waals surface area contributed by atoms with Gasteiger partial charge in [-0.05, 0) is 30.3 Å². The van der Waals surface area contributed by atoms with Crippen LogP contribution in [0.1, 0.15) is 22.5 Å². The summed E-state index contributed by atoms with van der Waals surface area (Å²) in [6.07, 6.45) is 0.510. The van der Waals surface area contributed by atoms with E-state index in [1.165, 1.54) is 14.2 Å². The van der Waals surface area contributed by atoms with Gasteiger partial charge in [-0.2, -0.15) is 5.10 Å². The van der Waals surface area contributed by atoms with Crippen LogP contribution in [0.15, 0.2) is 42.5 Å². The van der Waals surface area contributed by atoms with Gasteiger partial charge in [-0.15, -0.1) is 0 Å². The average molecular weight is 438 g/mol. The van der Waals surface area contributed by atoms with Crippen LogP contribution >= 0.6 is 11.6 Å². The molecule has 1 amide bonds. The molecule has 0 radical (unpaired) electrons. The summed E-state index contributed by atoms with van der Waals surface area (Å²) in [6.45, 7) is 0.595. The zero-order valence-corrected chi connectivity index (χ0v) is 18.1. The summed E-state index contributed by atoms with van der Waals surface area (Å²) in [7, 11) is 4.53. The normalized spacial score (nSPS) is 18.2. The lowest BCUT2D eigenvalue weighted by molar-refractivity contribution is -0.139. The molecule has 0 N–H and O–H groups in total. The van der Waals surface area contributed by atoms with Gasteiger partial charge in [0.2, 0.25) is 5.60 Å². The first-order chi connectivity index (χ1) is 14.9. The Bertz CT molecular complexity index is 1260. The van der Waals surface area contributed by atoms with Crippen molar-refractivity contribution in [1.82, 2.24) is 14.7 Å². The topological polar surface area (TPSA) is 73.7 Å². The number of nitrogens with zero attached hydrogens (tertiary/aromatic N) is 3. The SMILES string of the molecule is COC(=O)c1nn(-c2cccc(C#C[C@]3(OC)CCN(C)C3=O)c2)c2cccc(Cl)c12. The van der Waals surface area contributed by atoms with Gasteiger partial charge >= 0.3 is 5.97 Å². The first-order valence-electron chi connectivity index (χ1n) is 9.60. The molecule has 1 saturated heterocycles. The van der Waals surface area contributed by atoms with Gasteiger partial charge in [-0.25, -0.2) is 9.48 Å². The van der Waals surface area contributed by atoms with Gasteiger partial charge < -0.3 is 14.4 Å². The molecule has 0 unspecified atom stereocenters. The van der Waals surface area contributed by atoms with Crippen LogP contribution in [-0.4, -0.2) is 60.0 Å². The van der Waals surface area contributed by atoms with E-state index in [1.54, 1.807) is 28.8 Å². The van der Waals surface area contributed by atoms with Crippen LogP contribution in [0.5, 0.6) is 0 Å². The number of carbonyl (C=O) groups is 2. The van der Waals surface area contributed by atoms with E-state index in [9.17, 15) is 9.59 Å². The van der Waals surface area contributed by atoms with Gasteiger partial charge in [0.1, 0.15) is 0 Å². The zero-order valence-electron chi connectivity index (χ0n) is 17.3. The smallest absolute Gasteiger partial charge is 0.359 e. The molecule has 0 saturated carbocycles. The van der Waals surface area contributed by atoms with Crippen molar-refractivity contribution >= 4 is 34.4 Å². The summed E-state index contributed by atoms with van der Waals surface area (Å²) in [5.74, 6) is 5.35. The van der Waals surface area contributed by atoms with Gasteiger partial charge in [0.15, 0.2) is 5.69 Å². The third-order valence-electron chi connectivity index (χ3n) is 5.37. The quantitative estimate of drug-likeness (QED) is 0.465. The Kier molecular flexibility index (Phi) is 5.44. The summed E-state index contributed by atoms with van der Waals surface area (Å²) < 4.78 is 12.0. The number of fused-ring (bicyclic) bond motifs is 1. The minimum atomic E-state index is -1.13. The number of hydrogen-bond acceptors (Lipinski definition) is 5. The standard InChI is InChI=1S/C23H20ClN3O4/c1-26-13-12-23(31-3,22(26)29)11-10-15-6-4-7-16(14-15)27-18-9-5-8-17(24)19(18)20(25-27)21(28)30-2/h4-9,14H,12-13H2,1-3H3/t23-/m0/s1. The van der Waals surface area contributed by atoms with Crippen LogP contribution in [0, 0.1) is 11.8 Å². The average Bonchev–Trinajstić information content (AvgIpc) is 3.32. The highest BCUT2D eigenvalue weighted by molar-refractivity contribution is 6.36. The molecule has 8 heteroatoms.